The molecule has 0 saturated carbocycles. The van der Waals surface area contributed by atoms with Crippen LogP contribution in [-0.2, 0) is 6.54 Å². The zero-order valence-electron chi connectivity index (χ0n) is 21.3. The highest BCUT2D eigenvalue weighted by Crippen LogP contribution is 2.36. The van der Waals surface area contributed by atoms with Crippen LogP contribution in [0, 0.1) is 6.92 Å². The number of carbonyl (C=O) groups excluding carboxylic acids is 2. The summed E-state index contributed by atoms with van der Waals surface area (Å²) < 4.78 is 0. The maximum atomic E-state index is 13.8. The third-order valence-electron chi connectivity index (χ3n) is 7.67. The lowest BCUT2D eigenvalue weighted by Crippen LogP contribution is -2.57. The van der Waals surface area contributed by atoms with Gasteiger partial charge in [0, 0.05) is 45.3 Å². The minimum Gasteiger partial charge on any atom is -0.363 e. The zero-order valence-corrected chi connectivity index (χ0v) is 21.3. The van der Waals surface area contributed by atoms with E-state index in [0.717, 1.165) is 55.1 Å². The summed E-state index contributed by atoms with van der Waals surface area (Å²) in [6.07, 6.45) is 11.0. The molecule has 0 bridgehead atoms. The number of nitrogens with one attached hydrogen (secondary N) is 2. The molecule has 36 heavy (non-hydrogen) atoms. The number of amides is 3. The standard InChI is InChI=1S/C27H35N7O2/c1-20-17-21(9-10-22(20)18-28-26(36)33-13-5-11-31(2)15-16-33)25(35)34-14-6-12-32(3)27-19-29-30-23(27)7-4-8-24(27)34/h4,6-10,12,17,29H,5,11,13-16,18-19H2,1-3H3,(H,28,36). The molecule has 1 saturated heterocycles. The zero-order chi connectivity index (χ0) is 25.3. The molecular weight excluding hydrogens is 454 g/mol. The predicted molar refractivity (Wildman–Crippen MR) is 140 cm³/mol. The molecule has 1 unspecified atom stereocenters. The Morgan fingerprint density at radius 2 is 2.03 bits per heavy atom. The van der Waals surface area contributed by atoms with Crippen molar-refractivity contribution in [2.24, 2.45) is 5.10 Å². The average Bonchev–Trinajstić information content (AvgIpc) is 3.13. The highest BCUT2D eigenvalue weighted by atomic mass is 16.2. The van der Waals surface area contributed by atoms with Crippen LogP contribution >= 0.6 is 0 Å². The van der Waals surface area contributed by atoms with E-state index in [4.69, 9.17) is 0 Å². The van der Waals surface area contributed by atoms with Crippen molar-refractivity contribution in [2.75, 3.05) is 53.4 Å². The Labute approximate surface area is 212 Å². The van der Waals surface area contributed by atoms with Gasteiger partial charge in [0.05, 0.1) is 18.0 Å². The molecule has 3 heterocycles. The van der Waals surface area contributed by atoms with Crippen LogP contribution in [0.5, 0.6) is 0 Å². The van der Waals surface area contributed by atoms with Crippen LogP contribution in [0.1, 0.15) is 27.9 Å². The predicted octanol–water partition coefficient (Wildman–Crippen LogP) is 1.90. The fourth-order valence-electron chi connectivity index (χ4n) is 5.43. The summed E-state index contributed by atoms with van der Waals surface area (Å²) in [5.41, 5.74) is 7.07. The minimum atomic E-state index is -0.501. The first-order chi connectivity index (χ1) is 17.4. The second-order valence-corrected chi connectivity index (χ2v) is 9.96. The molecule has 1 aromatic rings. The Bertz CT molecular complexity index is 1170. The summed E-state index contributed by atoms with van der Waals surface area (Å²) in [4.78, 5) is 34.6. The van der Waals surface area contributed by atoms with Crippen molar-refractivity contribution in [2.45, 2.75) is 25.4 Å². The smallest absolute Gasteiger partial charge is 0.317 e. The molecular formula is C27H35N7O2. The molecule has 1 aliphatic carbocycles. The summed E-state index contributed by atoms with van der Waals surface area (Å²) >= 11 is 0. The van der Waals surface area contributed by atoms with Gasteiger partial charge in [-0.05, 0) is 74.6 Å². The lowest BCUT2D eigenvalue weighted by atomic mass is 9.84. The van der Waals surface area contributed by atoms with E-state index in [1.807, 2.05) is 72.5 Å². The lowest BCUT2D eigenvalue weighted by Gasteiger charge is -2.42. The first-order valence-corrected chi connectivity index (χ1v) is 12.6. The molecule has 0 radical (unpaired) electrons. The van der Waals surface area contributed by atoms with E-state index in [0.29, 0.717) is 25.2 Å². The maximum Gasteiger partial charge on any atom is 0.317 e. The fraction of sp³-hybridized carbons (Fsp3) is 0.444. The number of urea groups is 1. The number of likely N-dealkylation sites (N-methyl/N-ethyl adjacent to an activating group) is 2. The van der Waals surface area contributed by atoms with Gasteiger partial charge >= 0.3 is 6.03 Å². The molecule has 3 aliphatic heterocycles. The normalized spacial score (nSPS) is 23.7. The van der Waals surface area contributed by atoms with Crippen LogP contribution < -0.4 is 10.7 Å². The molecule has 1 aromatic carbocycles. The van der Waals surface area contributed by atoms with Gasteiger partial charge in [0.15, 0.2) is 0 Å². The number of rotatable bonds is 3. The summed E-state index contributed by atoms with van der Waals surface area (Å²) in [6.45, 7) is 6.94. The number of aryl methyl sites for hydroxylation is 1. The second-order valence-electron chi connectivity index (χ2n) is 9.96. The van der Waals surface area contributed by atoms with Gasteiger partial charge < -0.3 is 30.3 Å². The van der Waals surface area contributed by atoms with Gasteiger partial charge in [-0.2, -0.15) is 5.10 Å². The number of carbonyl (C=O) groups is 2. The molecule has 3 amide bonds. The summed E-state index contributed by atoms with van der Waals surface area (Å²) in [7, 11) is 4.11. The Morgan fingerprint density at radius 1 is 1.17 bits per heavy atom. The Morgan fingerprint density at radius 3 is 2.86 bits per heavy atom. The van der Waals surface area contributed by atoms with Crippen molar-refractivity contribution in [3.05, 3.63) is 71.1 Å². The minimum absolute atomic E-state index is 0.0319. The molecule has 1 spiro atoms. The van der Waals surface area contributed by atoms with Crippen LogP contribution in [0.15, 0.2) is 59.5 Å². The van der Waals surface area contributed by atoms with E-state index in [1.54, 1.807) is 0 Å². The molecule has 1 fully saturated rings. The van der Waals surface area contributed by atoms with Crippen molar-refractivity contribution in [3.8, 4) is 0 Å². The van der Waals surface area contributed by atoms with Crippen LogP contribution in [0.2, 0.25) is 0 Å². The van der Waals surface area contributed by atoms with Gasteiger partial charge in [0.2, 0.25) is 0 Å². The van der Waals surface area contributed by atoms with Crippen LogP contribution in [0.4, 0.5) is 4.79 Å². The Hall–Kier alpha value is -3.59. The van der Waals surface area contributed by atoms with Crippen molar-refractivity contribution in [1.29, 1.82) is 0 Å². The van der Waals surface area contributed by atoms with E-state index < -0.39 is 5.54 Å². The van der Waals surface area contributed by atoms with Crippen molar-refractivity contribution in [1.82, 2.24) is 30.3 Å². The lowest BCUT2D eigenvalue weighted by molar-refractivity contribution is 0.0795. The quantitative estimate of drug-likeness (QED) is 0.678. The van der Waals surface area contributed by atoms with Gasteiger partial charge in [0.25, 0.3) is 5.91 Å². The highest BCUT2D eigenvalue weighted by molar-refractivity contribution is 6.09. The topological polar surface area (TPSA) is 83.5 Å². The Kier molecular flexibility index (Phi) is 6.57. The third kappa shape index (κ3) is 4.28. The third-order valence-corrected chi connectivity index (χ3v) is 7.67. The second kappa shape index (κ2) is 9.81. The van der Waals surface area contributed by atoms with Crippen molar-refractivity contribution in [3.63, 3.8) is 0 Å². The molecule has 0 aromatic heterocycles. The number of hydrogen-bond donors (Lipinski definition) is 2. The summed E-state index contributed by atoms with van der Waals surface area (Å²) in [6, 6.07) is 5.71. The number of allylic oxidation sites excluding steroid dienone is 2. The van der Waals surface area contributed by atoms with E-state index >= 15 is 0 Å². The maximum absolute atomic E-state index is 13.8. The van der Waals surface area contributed by atoms with Crippen molar-refractivity contribution < 1.29 is 9.59 Å². The van der Waals surface area contributed by atoms with E-state index in [1.165, 1.54) is 0 Å². The number of hydrogen-bond acceptors (Lipinski definition) is 6. The van der Waals surface area contributed by atoms with Gasteiger partial charge in [-0.1, -0.05) is 12.1 Å². The van der Waals surface area contributed by atoms with Crippen molar-refractivity contribution >= 4 is 17.6 Å². The SMILES string of the molecule is Cc1cc(C(=O)N2CC=CN(C)C34CNN=C3C=CC=C24)ccc1CNC(=O)N1CCCN(C)CC1. The van der Waals surface area contributed by atoms with Gasteiger partial charge in [-0.3, -0.25) is 4.79 Å². The average molecular weight is 490 g/mol. The first-order valence-electron chi connectivity index (χ1n) is 12.6. The molecule has 4 aliphatic rings. The summed E-state index contributed by atoms with van der Waals surface area (Å²) in [5, 5.41) is 7.54. The van der Waals surface area contributed by atoms with Gasteiger partial charge in [-0.25, -0.2) is 4.79 Å². The molecule has 190 valence electrons. The largest absolute Gasteiger partial charge is 0.363 e. The Balaban J connectivity index is 1.30. The number of benzene rings is 1. The first kappa shape index (κ1) is 24.1. The molecule has 5 rings (SSSR count). The molecule has 9 heteroatoms. The van der Waals surface area contributed by atoms with E-state index in [2.05, 4.69) is 32.7 Å². The van der Waals surface area contributed by atoms with Crippen LogP contribution in [-0.4, -0.2) is 96.2 Å². The van der Waals surface area contributed by atoms with E-state index in [-0.39, 0.29) is 11.9 Å². The molecule has 2 N–H and O–H groups in total. The van der Waals surface area contributed by atoms with Gasteiger partial charge in [0.1, 0.15) is 5.54 Å². The molecule has 1 atom stereocenters. The fourth-order valence-corrected chi connectivity index (χ4v) is 5.43. The highest BCUT2D eigenvalue weighted by Gasteiger charge is 2.49. The van der Waals surface area contributed by atoms with Crippen LogP contribution in [0.3, 0.4) is 0 Å². The monoisotopic (exact) mass is 489 g/mol. The summed E-state index contributed by atoms with van der Waals surface area (Å²) in [5.74, 6) is -0.0468. The molecule has 9 nitrogen and oxygen atoms in total. The van der Waals surface area contributed by atoms with Crippen LogP contribution in [0.25, 0.3) is 0 Å². The van der Waals surface area contributed by atoms with Gasteiger partial charge in [-0.15, -0.1) is 0 Å². The van der Waals surface area contributed by atoms with E-state index in [9.17, 15) is 9.59 Å². The number of hydrazone groups is 1. The number of nitrogens with zero attached hydrogens (tertiary/aromatic N) is 5.